The molecule has 1 heterocycles. The number of hydrogen-bond acceptors (Lipinski definition) is 5. The lowest BCUT2D eigenvalue weighted by atomic mass is 10.3. The number of ether oxygens (including phenoxy) is 1. The zero-order chi connectivity index (χ0) is 12.3. The second kappa shape index (κ2) is 4.73. The van der Waals surface area contributed by atoms with Crippen molar-refractivity contribution in [3.63, 3.8) is 0 Å². The fourth-order valence-corrected chi connectivity index (χ4v) is 1.02. The molecule has 7 heteroatoms. The van der Waals surface area contributed by atoms with Gasteiger partial charge in [0.2, 0.25) is 0 Å². The van der Waals surface area contributed by atoms with Crippen LogP contribution in [-0.2, 0) is 9.53 Å². The second-order valence-electron chi connectivity index (χ2n) is 3.08. The van der Waals surface area contributed by atoms with Gasteiger partial charge >= 0.3 is 5.97 Å². The van der Waals surface area contributed by atoms with Crippen molar-refractivity contribution < 1.29 is 18.3 Å². The summed E-state index contributed by atoms with van der Waals surface area (Å²) in [5, 5.41) is 2.42. The molecule has 0 aliphatic rings. The van der Waals surface area contributed by atoms with Gasteiger partial charge in [0.05, 0.1) is 7.11 Å². The number of esters is 1. The predicted octanol–water partition coefficient (Wildman–Crippen LogP) is 0.915. The van der Waals surface area contributed by atoms with E-state index in [2.05, 4.69) is 15.0 Å². The number of carbonyl (C=O) groups is 1. The van der Waals surface area contributed by atoms with Crippen LogP contribution in [0.3, 0.4) is 0 Å². The highest BCUT2D eigenvalue weighted by molar-refractivity contribution is 5.78. The van der Waals surface area contributed by atoms with Crippen molar-refractivity contribution in [3.05, 3.63) is 17.7 Å². The van der Waals surface area contributed by atoms with E-state index in [4.69, 9.17) is 5.73 Å². The Morgan fingerprint density at radius 3 is 2.75 bits per heavy atom. The first-order valence-corrected chi connectivity index (χ1v) is 4.41. The van der Waals surface area contributed by atoms with Crippen LogP contribution in [0.25, 0.3) is 0 Å². The average Bonchev–Trinajstić information content (AvgIpc) is 2.24. The number of anilines is 2. The van der Waals surface area contributed by atoms with E-state index in [9.17, 15) is 13.6 Å². The van der Waals surface area contributed by atoms with Gasteiger partial charge in [-0.2, -0.15) is 0 Å². The van der Waals surface area contributed by atoms with Gasteiger partial charge in [-0.3, -0.25) is 0 Å². The number of nitrogens with two attached hydrogens (primary N) is 1. The van der Waals surface area contributed by atoms with Gasteiger partial charge in [-0.15, -0.1) is 0 Å². The van der Waals surface area contributed by atoms with Crippen LogP contribution < -0.4 is 11.1 Å². The molecule has 0 aliphatic carbocycles. The van der Waals surface area contributed by atoms with E-state index in [1.165, 1.54) is 14.0 Å². The molecule has 0 saturated heterocycles. The molecule has 16 heavy (non-hydrogen) atoms. The molecule has 1 rings (SSSR count). The Kier molecular flexibility index (Phi) is 3.60. The fraction of sp³-hybridized carbons (Fsp3) is 0.333. The summed E-state index contributed by atoms with van der Waals surface area (Å²) in [5.41, 5.74) is 5.16. The van der Waals surface area contributed by atoms with Gasteiger partial charge in [-0.05, 0) is 6.92 Å². The molecule has 3 N–H and O–H groups in total. The first-order chi connectivity index (χ1) is 7.45. The van der Waals surface area contributed by atoms with Gasteiger partial charge in [-0.25, -0.2) is 18.6 Å². The molecule has 0 amide bonds. The lowest BCUT2D eigenvalue weighted by Gasteiger charge is -2.13. The van der Waals surface area contributed by atoms with Crippen LogP contribution in [-0.4, -0.2) is 24.1 Å². The van der Waals surface area contributed by atoms with E-state index in [-0.39, 0.29) is 5.82 Å². The van der Waals surface area contributed by atoms with Crippen molar-refractivity contribution >= 4 is 17.6 Å². The first-order valence-electron chi connectivity index (χ1n) is 4.41. The maximum Gasteiger partial charge on any atom is 0.328 e. The van der Waals surface area contributed by atoms with E-state index >= 15 is 0 Å². The van der Waals surface area contributed by atoms with Gasteiger partial charge in [0.1, 0.15) is 6.04 Å². The number of halogens is 2. The molecule has 0 aromatic carbocycles. The first kappa shape index (κ1) is 12.2. The predicted molar refractivity (Wildman–Crippen MR) is 53.7 cm³/mol. The summed E-state index contributed by atoms with van der Waals surface area (Å²) in [6.07, 6.45) is 0. The van der Waals surface area contributed by atoms with Crippen molar-refractivity contribution in [2.45, 2.75) is 13.0 Å². The minimum Gasteiger partial charge on any atom is -0.467 e. The van der Waals surface area contributed by atoms with Crippen LogP contribution >= 0.6 is 0 Å². The third-order valence-corrected chi connectivity index (χ3v) is 1.86. The quantitative estimate of drug-likeness (QED) is 0.756. The zero-order valence-corrected chi connectivity index (χ0v) is 8.75. The van der Waals surface area contributed by atoms with Gasteiger partial charge in [0.25, 0.3) is 0 Å². The van der Waals surface area contributed by atoms with Crippen molar-refractivity contribution in [2.24, 2.45) is 0 Å². The maximum atomic E-state index is 13.2. The monoisotopic (exact) mass is 231 g/mol. The Balaban J connectivity index is 2.89. The number of pyridine rings is 1. The van der Waals surface area contributed by atoms with E-state index in [1.54, 1.807) is 0 Å². The summed E-state index contributed by atoms with van der Waals surface area (Å²) >= 11 is 0. The summed E-state index contributed by atoms with van der Waals surface area (Å²) < 4.78 is 30.4. The molecule has 0 bridgehead atoms. The highest BCUT2D eigenvalue weighted by Gasteiger charge is 2.17. The number of hydrogen-bond donors (Lipinski definition) is 2. The second-order valence-corrected chi connectivity index (χ2v) is 3.08. The number of aromatic nitrogens is 1. The number of carbonyl (C=O) groups excluding carboxylic acids is 1. The van der Waals surface area contributed by atoms with E-state index < -0.39 is 29.5 Å². The molecular formula is C9H11F2N3O2. The molecule has 0 spiro atoms. The maximum absolute atomic E-state index is 13.2. The Bertz CT molecular complexity index is 412. The lowest BCUT2D eigenvalue weighted by molar-refractivity contribution is -0.141. The standard InChI is InChI=1S/C9H11F2N3O2/c1-4(9(15)16-2)13-8-6(11)3-5(10)7(12)14-8/h3-4H,1-2H3,(H3,12,13,14). The van der Waals surface area contributed by atoms with Crippen LogP contribution in [0.5, 0.6) is 0 Å². The molecule has 1 atom stereocenters. The minimum absolute atomic E-state index is 0.295. The Morgan fingerprint density at radius 2 is 2.19 bits per heavy atom. The summed E-state index contributed by atoms with van der Waals surface area (Å²) in [6.45, 7) is 1.45. The van der Waals surface area contributed by atoms with Gasteiger partial charge in [0, 0.05) is 6.07 Å². The zero-order valence-electron chi connectivity index (χ0n) is 8.75. The normalized spacial score (nSPS) is 12.0. The third kappa shape index (κ3) is 2.56. The van der Waals surface area contributed by atoms with Crippen molar-refractivity contribution in [1.29, 1.82) is 0 Å². The van der Waals surface area contributed by atoms with E-state index in [0.29, 0.717) is 6.07 Å². The average molecular weight is 231 g/mol. The smallest absolute Gasteiger partial charge is 0.328 e. The molecule has 1 aromatic heterocycles. The van der Waals surface area contributed by atoms with Gasteiger partial charge < -0.3 is 15.8 Å². The number of methoxy groups -OCH3 is 1. The fourth-order valence-electron chi connectivity index (χ4n) is 1.02. The van der Waals surface area contributed by atoms with E-state index in [1.807, 2.05) is 0 Å². The molecular weight excluding hydrogens is 220 g/mol. The highest BCUT2D eigenvalue weighted by Crippen LogP contribution is 2.17. The number of nitrogens with one attached hydrogen (secondary N) is 1. The Labute approximate surface area is 90.6 Å². The highest BCUT2D eigenvalue weighted by atomic mass is 19.1. The summed E-state index contributed by atoms with van der Waals surface area (Å²) in [6, 6.07) is -0.217. The number of nitrogen functional groups attached to an aromatic ring is 1. The van der Waals surface area contributed by atoms with Crippen LogP contribution in [0.4, 0.5) is 20.4 Å². The number of nitrogens with zero attached hydrogens (tertiary/aromatic N) is 1. The van der Waals surface area contributed by atoms with Crippen LogP contribution in [0.1, 0.15) is 6.92 Å². The molecule has 0 aliphatic heterocycles. The summed E-state index contributed by atoms with van der Waals surface area (Å²) in [7, 11) is 1.20. The molecule has 0 radical (unpaired) electrons. The molecule has 88 valence electrons. The van der Waals surface area contributed by atoms with Crippen LogP contribution in [0.15, 0.2) is 6.07 Å². The van der Waals surface area contributed by atoms with E-state index in [0.717, 1.165) is 0 Å². The SMILES string of the molecule is COC(=O)C(C)Nc1nc(N)c(F)cc1F. The third-order valence-electron chi connectivity index (χ3n) is 1.86. The molecule has 1 unspecified atom stereocenters. The Morgan fingerprint density at radius 1 is 1.56 bits per heavy atom. The van der Waals surface area contributed by atoms with Crippen molar-refractivity contribution in [2.75, 3.05) is 18.2 Å². The van der Waals surface area contributed by atoms with Crippen LogP contribution in [0.2, 0.25) is 0 Å². The summed E-state index contributed by atoms with van der Waals surface area (Å²) in [4.78, 5) is 14.5. The molecule has 0 fully saturated rings. The van der Waals surface area contributed by atoms with Crippen molar-refractivity contribution in [3.8, 4) is 0 Å². The minimum atomic E-state index is -0.950. The molecule has 5 nitrogen and oxygen atoms in total. The molecule has 0 saturated carbocycles. The number of rotatable bonds is 3. The van der Waals surface area contributed by atoms with Crippen LogP contribution in [0, 0.1) is 11.6 Å². The van der Waals surface area contributed by atoms with Gasteiger partial charge in [0.15, 0.2) is 23.3 Å². The lowest BCUT2D eigenvalue weighted by Crippen LogP contribution is -2.28. The summed E-state index contributed by atoms with van der Waals surface area (Å²) in [5.74, 6) is -3.21. The molecule has 1 aromatic rings. The van der Waals surface area contributed by atoms with Crippen molar-refractivity contribution in [1.82, 2.24) is 4.98 Å². The topological polar surface area (TPSA) is 77.2 Å². The Hall–Kier alpha value is -1.92. The van der Waals surface area contributed by atoms with Gasteiger partial charge in [-0.1, -0.05) is 0 Å². The largest absolute Gasteiger partial charge is 0.467 e.